The molecule has 0 spiro atoms. The van der Waals surface area contributed by atoms with E-state index in [1.807, 2.05) is 19.1 Å². The van der Waals surface area contributed by atoms with Gasteiger partial charge in [-0.2, -0.15) is 4.98 Å². The lowest BCUT2D eigenvalue weighted by Gasteiger charge is -2.32. The van der Waals surface area contributed by atoms with Gasteiger partial charge in [0.2, 0.25) is 11.8 Å². The third-order valence-electron chi connectivity index (χ3n) is 7.32. The number of aromatic nitrogens is 4. The van der Waals surface area contributed by atoms with Gasteiger partial charge in [-0.3, -0.25) is 4.79 Å². The molecular formula is C26H33N5O3. The Balaban J connectivity index is 1.70. The molecule has 2 aromatic heterocycles. The minimum Gasteiger partial charge on any atom is -0.465 e. The molecule has 2 N–H and O–H groups in total. The van der Waals surface area contributed by atoms with Gasteiger partial charge in [0.15, 0.2) is 5.82 Å². The molecule has 4 rings (SSSR count). The molecule has 1 aliphatic rings. The maximum absolute atomic E-state index is 13.0. The van der Waals surface area contributed by atoms with Crippen molar-refractivity contribution >= 4 is 11.9 Å². The normalized spacial score (nSPS) is 17.3. The number of hydrogen-bond acceptors (Lipinski definition) is 8. The average molecular weight is 464 g/mol. The summed E-state index contributed by atoms with van der Waals surface area (Å²) in [6.45, 7) is 8.55. The number of nitrogen functional groups attached to an aromatic ring is 1. The van der Waals surface area contributed by atoms with Crippen LogP contribution in [0.5, 0.6) is 0 Å². The van der Waals surface area contributed by atoms with Gasteiger partial charge >= 0.3 is 5.97 Å². The van der Waals surface area contributed by atoms with Crippen LogP contribution in [-0.2, 0) is 20.4 Å². The van der Waals surface area contributed by atoms with Gasteiger partial charge in [-0.25, -0.2) is 9.97 Å². The summed E-state index contributed by atoms with van der Waals surface area (Å²) in [6, 6.07) is 8.22. The molecule has 0 saturated heterocycles. The Bertz CT molecular complexity index is 1120. The third kappa shape index (κ3) is 4.17. The summed E-state index contributed by atoms with van der Waals surface area (Å²) in [5.41, 5.74) is 7.19. The van der Waals surface area contributed by atoms with Crippen LogP contribution in [0.2, 0.25) is 0 Å². The molecule has 8 nitrogen and oxygen atoms in total. The van der Waals surface area contributed by atoms with E-state index in [2.05, 4.69) is 48.0 Å². The number of nitrogens with two attached hydrogens (primary N) is 1. The van der Waals surface area contributed by atoms with Crippen LogP contribution < -0.4 is 5.73 Å². The van der Waals surface area contributed by atoms with Gasteiger partial charge in [0, 0.05) is 18.0 Å². The molecule has 180 valence electrons. The van der Waals surface area contributed by atoms with E-state index >= 15 is 0 Å². The Morgan fingerprint density at radius 2 is 1.76 bits per heavy atom. The van der Waals surface area contributed by atoms with Crippen molar-refractivity contribution in [1.29, 1.82) is 0 Å². The predicted octanol–water partition coefficient (Wildman–Crippen LogP) is 4.84. The molecule has 1 saturated carbocycles. The van der Waals surface area contributed by atoms with Crippen molar-refractivity contribution in [1.82, 2.24) is 20.1 Å². The number of nitrogens with zero attached hydrogens (tertiary/aromatic N) is 4. The first-order valence-electron chi connectivity index (χ1n) is 12.0. The lowest BCUT2D eigenvalue weighted by atomic mass is 9.72. The zero-order valence-electron chi connectivity index (χ0n) is 20.4. The Kier molecular flexibility index (Phi) is 6.68. The summed E-state index contributed by atoms with van der Waals surface area (Å²) in [7, 11) is 0. The molecule has 2 heterocycles. The Labute approximate surface area is 200 Å². The SMILES string of the molecule is CCOC(=O)C1(c2nc(C(C)(c3ccc(-c4cnc(N)nc4)cc3)C(C)C)no2)CCCCC1. The molecule has 1 fully saturated rings. The molecule has 0 aliphatic heterocycles. The minimum atomic E-state index is -0.851. The van der Waals surface area contributed by atoms with Gasteiger partial charge in [0.05, 0.1) is 12.0 Å². The summed E-state index contributed by atoms with van der Waals surface area (Å²) < 4.78 is 11.3. The number of ether oxygens (including phenoxy) is 1. The zero-order valence-corrected chi connectivity index (χ0v) is 20.4. The van der Waals surface area contributed by atoms with Crippen LogP contribution >= 0.6 is 0 Å². The predicted molar refractivity (Wildman–Crippen MR) is 129 cm³/mol. The fraction of sp³-hybridized carbons (Fsp3) is 0.500. The quantitative estimate of drug-likeness (QED) is 0.495. The number of hydrogen-bond donors (Lipinski definition) is 1. The standard InChI is InChI=1S/C26H33N5O3/c1-5-33-23(32)26(13-7-6-8-14-26)22-30-21(31-34-22)25(4,17(2)3)20-11-9-18(10-12-20)19-15-28-24(27)29-16-19/h9-12,15-17H,5-8,13-14H2,1-4H3,(H2,27,28,29). The van der Waals surface area contributed by atoms with Crippen LogP contribution in [0.4, 0.5) is 5.95 Å². The Morgan fingerprint density at radius 3 is 2.35 bits per heavy atom. The van der Waals surface area contributed by atoms with Crippen LogP contribution in [0.25, 0.3) is 11.1 Å². The molecular weight excluding hydrogens is 430 g/mol. The van der Waals surface area contributed by atoms with Gasteiger partial charge in [0.1, 0.15) is 5.41 Å². The Hall–Kier alpha value is -3.29. The first-order chi connectivity index (χ1) is 16.3. The molecule has 1 atom stereocenters. The van der Waals surface area contributed by atoms with Crippen LogP contribution in [0.3, 0.4) is 0 Å². The number of benzene rings is 1. The summed E-state index contributed by atoms with van der Waals surface area (Å²) >= 11 is 0. The zero-order chi connectivity index (χ0) is 24.3. The molecule has 1 aliphatic carbocycles. The fourth-order valence-electron chi connectivity index (χ4n) is 4.78. The topological polar surface area (TPSA) is 117 Å². The minimum absolute atomic E-state index is 0.175. The average Bonchev–Trinajstić information content (AvgIpc) is 3.36. The van der Waals surface area contributed by atoms with Crippen molar-refractivity contribution in [2.45, 2.75) is 70.6 Å². The highest BCUT2D eigenvalue weighted by molar-refractivity contribution is 5.82. The molecule has 3 aromatic rings. The smallest absolute Gasteiger partial charge is 0.321 e. The maximum atomic E-state index is 13.0. The first-order valence-corrected chi connectivity index (χ1v) is 12.0. The Morgan fingerprint density at radius 1 is 1.12 bits per heavy atom. The number of rotatable bonds is 7. The van der Waals surface area contributed by atoms with E-state index in [0.717, 1.165) is 36.0 Å². The molecule has 0 amide bonds. The lowest BCUT2D eigenvalue weighted by molar-refractivity contribution is -0.152. The third-order valence-corrected chi connectivity index (χ3v) is 7.32. The van der Waals surface area contributed by atoms with Crippen molar-refractivity contribution in [3.8, 4) is 11.1 Å². The molecule has 0 bridgehead atoms. The van der Waals surface area contributed by atoms with Crippen LogP contribution in [0.15, 0.2) is 41.2 Å². The summed E-state index contributed by atoms with van der Waals surface area (Å²) in [4.78, 5) is 26.0. The van der Waals surface area contributed by atoms with E-state index in [1.165, 1.54) is 0 Å². The van der Waals surface area contributed by atoms with Crippen molar-refractivity contribution in [3.05, 3.63) is 53.9 Å². The number of anilines is 1. The van der Waals surface area contributed by atoms with E-state index in [0.29, 0.717) is 31.2 Å². The second-order valence-corrected chi connectivity index (χ2v) is 9.55. The van der Waals surface area contributed by atoms with Crippen molar-refractivity contribution in [3.63, 3.8) is 0 Å². The molecule has 34 heavy (non-hydrogen) atoms. The lowest BCUT2D eigenvalue weighted by Crippen LogP contribution is -2.40. The van der Waals surface area contributed by atoms with E-state index in [1.54, 1.807) is 12.4 Å². The van der Waals surface area contributed by atoms with Crippen LogP contribution in [-0.4, -0.2) is 32.7 Å². The fourth-order valence-corrected chi connectivity index (χ4v) is 4.78. The number of carbonyl (C=O) groups excluding carboxylic acids is 1. The van der Waals surface area contributed by atoms with E-state index < -0.39 is 10.8 Å². The van der Waals surface area contributed by atoms with Crippen LogP contribution in [0.1, 0.15) is 77.1 Å². The largest absolute Gasteiger partial charge is 0.465 e. The second kappa shape index (κ2) is 9.52. The molecule has 8 heteroatoms. The second-order valence-electron chi connectivity index (χ2n) is 9.55. The van der Waals surface area contributed by atoms with Crippen molar-refractivity contribution < 1.29 is 14.1 Å². The van der Waals surface area contributed by atoms with Gasteiger partial charge < -0.3 is 15.0 Å². The summed E-state index contributed by atoms with van der Waals surface area (Å²) in [5, 5.41) is 4.41. The van der Waals surface area contributed by atoms with Gasteiger partial charge in [0.25, 0.3) is 0 Å². The molecule has 1 aromatic carbocycles. The highest BCUT2D eigenvalue weighted by atomic mass is 16.5. The molecule has 1 unspecified atom stereocenters. The number of carbonyl (C=O) groups is 1. The van der Waals surface area contributed by atoms with Gasteiger partial charge in [-0.1, -0.05) is 62.5 Å². The number of esters is 1. The maximum Gasteiger partial charge on any atom is 0.321 e. The van der Waals surface area contributed by atoms with E-state index in [4.69, 9.17) is 20.0 Å². The monoisotopic (exact) mass is 463 g/mol. The first kappa shape index (κ1) is 23.9. The highest BCUT2D eigenvalue weighted by Crippen LogP contribution is 2.43. The van der Waals surface area contributed by atoms with Gasteiger partial charge in [-0.05, 0) is 43.7 Å². The summed E-state index contributed by atoms with van der Waals surface area (Å²) in [5.74, 6) is 1.12. The van der Waals surface area contributed by atoms with E-state index in [9.17, 15) is 4.79 Å². The van der Waals surface area contributed by atoms with Crippen LogP contribution in [0, 0.1) is 5.92 Å². The van der Waals surface area contributed by atoms with E-state index in [-0.39, 0.29) is 17.8 Å². The van der Waals surface area contributed by atoms with Crippen molar-refractivity contribution in [2.24, 2.45) is 5.92 Å². The summed E-state index contributed by atoms with van der Waals surface area (Å²) in [6.07, 6.45) is 7.74. The molecule has 0 radical (unpaired) electrons. The highest BCUT2D eigenvalue weighted by Gasteiger charge is 2.49. The van der Waals surface area contributed by atoms with Crippen molar-refractivity contribution in [2.75, 3.05) is 12.3 Å². The van der Waals surface area contributed by atoms with Gasteiger partial charge in [-0.15, -0.1) is 0 Å².